The zero-order valence-electron chi connectivity index (χ0n) is 14.2. The van der Waals surface area contributed by atoms with E-state index in [1.54, 1.807) is 0 Å². The van der Waals surface area contributed by atoms with Crippen molar-refractivity contribution in [3.05, 3.63) is 0 Å². The van der Waals surface area contributed by atoms with Crippen LogP contribution in [0.1, 0.15) is 41.0 Å². The van der Waals surface area contributed by atoms with Crippen molar-refractivity contribution in [3.8, 4) is 0 Å². The minimum atomic E-state index is -0.409. The van der Waals surface area contributed by atoms with Gasteiger partial charge in [0.1, 0.15) is 0 Å². The lowest BCUT2D eigenvalue weighted by molar-refractivity contribution is -0.135. The van der Waals surface area contributed by atoms with Gasteiger partial charge in [-0.1, -0.05) is 20.8 Å². The van der Waals surface area contributed by atoms with Crippen LogP contribution in [0.25, 0.3) is 0 Å². The minimum absolute atomic E-state index is 0.137. The Morgan fingerprint density at radius 1 is 1.33 bits per heavy atom. The molecule has 2 aliphatic rings. The van der Waals surface area contributed by atoms with E-state index in [1.807, 2.05) is 6.92 Å². The lowest BCUT2D eigenvalue weighted by Gasteiger charge is -2.37. The summed E-state index contributed by atoms with van der Waals surface area (Å²) in [5.74, 6) is 0.666. The Balaban J connectivity index is 2.08. The van der Waals surface area contributed by atoms with Crippen LogP contribution >= 0.6 is 0 Å². The molecule has 21 heavy (non-hydrogen) atoms. The van der Waals surface area contributed by atoms with Gasteiger partial charge in [-0.25, -0.2) is 0 Å². The average Bonchev–Trinajstić information content (AvgIpc) is 2.73. The first-order valence-corrected chi connectivity index (χ1v) is 8.29. The molecule has 0 aliphatic carbocycles. The van der Waals surface area contributed by atoms with Gasteiger partial charge in [-0.2, -0.15) is 0 Å². The Hall–Kier alpha value is -0.650. The maximum atomic E-state index is 12.9. The van der Waals surface area contributed by atoms with Crippen molar-refractivity contribution in [1.29, 1.82) is 0 Å². The molecule has 1 N–H and O–H groups in total. The maximum Gasteiger partial charge on any atom is 0.244 e. The topological polar surface area (TPSA) is 44.8 Å². The molecule has 0 aromatic carbocycles. The largest absolute Gasteiger partial charge is 0.379 e. The van der Waals surface area contributed by atoms with Crippen LogP contribution in [-0.4, -0.2) is 66.3 Å². The van der Waals surface area contributed by atoms with Crippen LogP contribution in [0.3, 0.4) is 0 Å². The van der Waals surface area contributed by atoms with E-state index in [4.69, 9.17) is 4.74 Å². The molecule has 2 fully saturated rings. The Bertz CT molecular complexity index is 369. The summed E-state index contributed by atoms with van der Waals surface area (Å²) in [6.07, 6.45) is 0.967. The number of carbonyl (C=O) groups excluding carboxylic acids is 1. The minimum Gasteiger partial charge on any atom is -0.379 e. The molecule has 0 bridgehead atoms. The fourth-order valence-corrected chi connectivity index (χ4v) is 3.33. The lowest BCUT2D eigenvalue weighted by atomic mass is 9.99. The number of hydrogen-bond acceptors (Lipinski definition) is 4. The summed E-state index contributed by atoms with van der Waals surface area (Å²) in [7, 11) is 0. The van der Waals surface area contributed by atoms with Crippen LogP contribution in [0.15, 0.2) is 0 Å². The van der Waals surface area contributed by atoms with Crippen LogP contribution in [0.2, 0.25) is 0 Å². The molecule has 3 atom stereocenters. The molecule has 122 valence electrons. The molecule has 0 aromatic rings. The molecular formula is C16H31N3O2. The van der Waals surface area contributed by atoms with E-state index < -0.39 is 5.54 Å². The predicted octanol–water partition coefficient (Wildman–Crippen LogP) is 1.29. The van der Waals surface area contributed by atoms with Crippen LogP contribution in [0.4, 0.5) is 0 Å². The molecule has 3 unspecified atom stereocenters. The number of rotatable bonds is 5. The van der Waals surface area contributed by atoms with Gasteiger partial charge in [0.15, 0.2) is 0 Å². The Kier molecular flexibility index (Phi) is 5.28. The number of nitrogens with one attached hydrogen (secondary N) is 1. The van der Waals surface area contributed by atoms with Crippen LogP contribution < -0.4 is 5.32 Å². The van der Waals surface area contributed by atoms with Crippen molar-refractivity contribution in [1.82, 2.24) is 15.1 Å². The molecule has 2 aliphatic heterocycles. The molecule has 0 aromatic heterocycles. The van der Waals surface area contributed by atoms with Gasteiger partial charge in [-0.15, -0.1) is 0 Å². The third-order valence-corrected chi connectivity index (χ3v) is 4.91. The van der Waals surface area contributed by atoms with Gasteiger partial charge < -0.3 is 9.64 Å². The van der Waals surface area contributed by atoms with Gasteiger partial charge in [-0.3, -0.25) is 15.0 Å². The highest BCUT2D eigenvalue weighted by molar-refractivity contribution is 5.88. The van der Waals surface area contributed by atoms with E-state index in [1.165, 1.54) is 0 Å². The number of nitrogens with zero attached hydrogens (tertiary/aromatic N) is 2. The van der Waals surface area contributed by atoms with Gasteiger partial charge in [0.2, 0.25) is 5.91 Å². The highest BCUT2D eigenvalue weighted by atomic mass is 16.5. The normalized spacial score (nSPS) is 33.0. The lowest BCUT2D eigenvalue weighted by Crippen LogP contribution is -2.52. The number of morpholine rings is 1. The third-order valence-electron chi connectivity index (χ3n) is 4.91. The monoisotopic (exact) mass is 297 g/mol. The molecule has 0 spiro atoms. The molecule has 2 heterocycles. The zero-order valence-corrected chi connectivity index (χ0v) is 14.2. The predicted molar refractivity (Wildman–Crippen MR) is 84.0 cm³/mol. The SMILES string of the molecule is CCC1(C)NC(C(C)C)N(C(C)CN2CCOCC2)C1=O. The Morgan fingerprint density at radius 3 is 2.48 bits per heavy atom. The van der Waals surface area contributed by atoms with E-state index >= 15 is 0 Å². The van der Waals surface area contributed by atoms with Crippen molar-refractivity contribution in [2.24, 2.45) is 5.92 Å². The van der Waals surface area contributed by atoms with Crippen molar-refractivity contribution in [3.63, 3.8) is 0 Å². The number of hydrogen-bond donors (Lipinski definition) is 1. The molecule has 5 heteroatoms. The summed E-state index contributed by atoms with van der Waals surface area (Å²) >= 11 is 0. The van der Waals surface area contributed by atoms with Crippen LogP contribution in [-0.2, 0) is 9.53 Å². The fourth-order valence-electron chi connectivity index (χ4n) is 3.33. The molecule has 5 nitrogen and oxygen atoms in total. The van der Waals surface area contributed by atoms with E-state index in [-0.39, 0.29) is 18.1 Å². The third kappa shape index (κ3) is 3.41. The number of carbonyl (C=O) groups is 1. The van der Waals surface area contributed by atoms with Crippen molar-refractivity contribution >= 4 is 5.91 Å². The van der Waals surface area contributed by atoms with Crippen molar-refractivity contribution in [2.75, 3.05) is 32.8 Å². The second-order valence-electron chi connectivity index (χ2n) is 6.99. The van der Waals surface area contributed by atoms with Gasteiger partial charge in [0.05, 0.1) is 24.9 Å². The molecule has 0 radical (unpaired) electrons. The molecule has 2 saturated heterocycles. The first kappa shape index (κ1) is 16.7. The molecule has 2 rings (SSSR count). The highest BCUT2D eigenvalue weighted by Gasteiger charge is 2.49. The van der Waals surface area contributed by atoms with Crippen molar-refractivity contribution < 1.29 is 9.53 Å². The van der Waals surface area contributed by atoms with Crippen molar-refractivity contribution in [2.45, 2.75) is 58.8 Å². The van der Waals surface area contributed by atoms with Crippen LogP contribution in [0.5, 0.6) is 0 Å². The van der Waals surface area contributed by atoms with Gasteiger partial charge in [0, 0.05) is 25.7 Å². The van der Waals surface area contributed by atoms with E-state index in [0.29, 0.717) is 5.92 Å². The van der Waals surface area contributed by atoms with Gasteiger partial charge in [0.25, 0.3) is 0 Å². The highest BCUT2D eigenvalue weighted by Crippen LogP contribution is 2.29. The summed E-state index contributed by atoms with van der Waals surface area (Å²) < 4.78 is 5.40. The van der Waals surface area contributed by atoms with Gasteiger partial charge in [-0.05, 0) is 26.2 Å². The summed E-state index contributed by atoms with van der Waals surface area (Å²) in [4.78, 5) is 17.4. The first-order valence-electron chi connectivity index (χ1n) is 8.29. The first-order chi connectivity index (χ1) is 9.89. The summed E-state index contributed by atoms with van der Waals surface area (Å²) in [6.45, 7) is 15.1. The Labute approximate surface area is 129 Å². The molecule has 1 amide bonds. The van der Waals surface area contributed by atoms with E-state index in [2.05, 4.69) is 42.8 Å². The Morgan fingerprint density at radius 2 is 1.95 bits per heavy atom. The average molecular weight is 297 g/mol. The summed E-state index contributed by atoms with van der Waals surface area (Å²) in [5, 5.41) is 3.57. The van der Waals surface area contributed by atoms with Crippen LogP contribution in [0, 0.1) is 5.92 Å². The smallest absolute Gasteiger partial charge is 0.244 e. The quantitative estimate of drug-likeness (QED) is 0.830. The zero-order chi connectivity index (χ0) is 15.6. The molecule has 0 saturated carbocycles. The second kappa shape index (κ2) is 6.63. The van der Waals surface area contributed by atoms with E-state index in [9.17, 15) is 4.79 Å². The maximum absolute atomic E-state index is 12.9. The van der Waals surface area contributed by atoms with E-state index in [0.717, 1.165) is 39.3 Å². The summed E-state index contributed by atoms with van der Waals surface area (Å²) in [6, 6.07) is 0.226. The van der Waals surface area contributed by atoms with Gasteiger partial charge >= 0.3 is 0 Å². The number of amides is 1. The summed E-state index contributed by atoms with van der Waals surface area (Å²) in [5.41, 5.74) is -0.409. The second-order valence-corrected chi connectivity index (χ2v) is 6.99. The number of ether oxygens (including phenoxy) is 1. The fraction of sp³-hybridized carbons (Fsp3) is 0.938. The molecular weight excluding hydrogens is 266 g/mol. The standard InChI is InChI=1S/C16H31N3O2/c1-6-16(5)15(20)19(14(17-16)12(2)3)13(4)11-18-7-9-21-10-8-18/h12-14,17H,6-11H2,1-5H3.